The Kier molecular flexibility index (Phi) is 2.93. The highest BCUT2D eigenvalue weighted by Crippen LogP contribution is 2.20. The van der Waals surface area contributed by atoms with Crippen LogP contribution >= 0.6 is 0 Å². The fraction of sp³-hybridized carbons (Fsp3) is 0.500. The molecule has 1 unspecified atom stereocenters. The molecule has 0 fully saturated rings. The first-order valence-electron chi connectivity index (χ1n) is 3.67. The van der Waals surface area contributed by atoms with Gasteiger partial charge >= 0.3 is 5.69 Å². The number of nitrogens with one attached hydrogen (secondary N) is 2. The van der Waals surface area contributed by atoms with Crippen LogP contribution in [0, 0.1) is 10.1 Å². The number of aromatic amines is 1. The number of H-pyrrole nitrogens is 1. The predicted octanol–water partition coefficient (Wildman–Crippen LogP) is -0.429. The van der Waals surface area contributed by atoms with Crippen LogP contribution in [0.1, 0.15) is 11.8 Å². The zero-order valence-electron chi connectivity index (χ0n) is 7.02. The Morgan fingerprint density at radius 1 is 1.92 bits per heavy atom. The molecule has 1 aromatic rings. The minimum atomic E-state index is -0.937. The summed E-state index contributed by atoms with van der Waals surface area (Å²) in [6.45, 7) is 0.239. The molecule has 7 heteroatoms. The molecule has 0 aromatic carbocycles. The lowest BCUT2D eigenvalue weighted by atomic mass is 10.2. The van der Waals surface area contributed by atoms with E-state index >= 15 is 0 Å². The number of aromatic nitrogens is 2. The lowest BCUT2D eigenvalue weighted by Crippen LogP contribution is -2.17. The van der Waals surface area contributed by atoms with Crippen LogP contribution in [0.3, 0.4) is 0 Å². The van der Waals surface area contributed by atoms with Crippen LogP contribution in [0.5, 0.6) is 0 Å². The lowest BCUT2D eigenvalue weighted by molar-refractivity contribution is -0.386. The van der Waals surface area contributed by atoms with Gasteiger partial charge in [0.25, 0.3) is 0 Å². The third-order valence-corrected chi connectivity index (χ3v) is 1.58. The number of aliphatic hydroxyl groups excluding tert-OH is 1. The zero-order valence-corrected chi connectivity index (χ0v) is 7.02. The van der Waals surface area contributed by atoms with Crippen molar-refractivity contribution in [3.8, 4) is 0 Å². The van der Waals surface area contributed by atoms with Crippen LogP contribution in [0.25, 0.3) is 0 Å². The van der Waals surface area contributed by atoms with Crippen molar-refractivity contribution in [3.05, 3.63) is 22.0 Å². The highest BCUT2D eigenvalue weighted by Gasteiger charge is 2.21. The molecule has 0 amide bonds. The van der Waals surface area contributed by atoms with Gasteiger partial charge in [-0.2, -0.15) is 5.10 Å². The summed E-state index contributed by atoms with van der Waals surface area (Å²) in [5.41, 5.74) is -0.0675. The van der Waals surface area contributed by atoms with Gasteiger partial charge in [-0.05, 0) is 7.05 Å². The smallest absolute Gasteiger partial charge is 0.312 e. The monoisotopic (exact) mass is 186 g/mol. The normalized spacial score (nSPS) is 12.8. The third-order valence-electron chi connectivity index (χ3n) is 1.58. The molecule has 3 N–H and O–H groups in total. The fourth-order valence-corrected chi connectivity index (χ4v) is 0.976. The van der Waals surface area contributed by atoms with Gasteiger partial charge in [0.15, 0.2) is 0 Å². The van der Waals surface area contributed by atoms with Crippen molar-refractivity contribution in [1.29, 1.82) is 0 Å². The average molecular weight is 186 g/mol. The molecule has 1 aromatic heterocycles. The van der Waals surface area contributed by atoms with Gasteiger partial charge in [-0.25, -0.2) is 0 Å². The summed E-state index contributed by atoms with van der Waals surface area (Å²) in [5, 5.41) is 28.4. The molecule has 0 aliphatic heterocycles. The van der Waals surface area contributed by atoms with Crippen molar-refractivity contribution in [2.24, 2.45) is 0 Å². The van der Waals surface area contributed by atoms with Crippen LogP contribution < -0.4 is 5.32 Å². The average Bonchev–Trinajstić information content (AvgIpc) is 2.52. The summed E-state index contributed by atoms with van der Waals surface area (Å²) >= 11 is 0. The first kappa shape index (κ1) is 9.62. The number of likely N-dealkylation sites (N-methyl/N-ethyl adjacent to an activating group) is 1. The quantitative estimate of drug-likeness (QED) is 0.437. The second-order valence-electron chi connectivity index (χ2n) is 2.50. The Bertz CT molecular complexity index is 298. The summed E-state index contributed by atoms with van der Waals surface area (Å²) < 4.78 is 0. The van der Waals surface area contributed by atoms with E-state index in [1.54, 1.807) is 7.05 Å². The van der Waals surface area contributed by atoms with E-state index in [0.29, 0.717) is 0 Å². The molecule has 0 saturated heterocycles. The van der Waals surface area contributed by atoms with E-state index in [4.69, 9.17) is 0 Å². The number of hydrogen-bond donors (Lipinski definition) is 3. The van der Waals surface area contributed by atoms with Gasteiger partial charge in [0, 0.05) is 6.54 Å². The fourth-order valence-electron chi connectivity index (χ4n) is 0.976. The Balaban J connectivity index is 2.86. The second-order valence-corrected chi connectivity index (χ2v) is 2.50. The summed E-state index contributed by atoms with van der Waals surface area (Å²) in [7, 11) is 1.64. The number of aliphatic hydroxyl groups is 1. The van der Waals surface area contributed by atoms with Gasteiger partial charge in [-0.1, -0.05) is 0 Å². The van der Waals surface area contributed by atoms with Crippen LogP contribution in [-0.2, 0) is 0 Å². The van der Waals surface area contributed by atoms with Crippen LogP contribution in [0.4, 0.5) is 5.69 Å². The van der Waals surface area contributed by atoms with Crippen molar-refractivity contribution in [3.63, 3.8) is 0 Å². The van der Waals surface area contributed by atoms with Crippen molar-refractivity contribution < 1.29 is 10.0 Å². The summed E-state index contributed by atoms with van der Waals surface area (Å²) in [6.07, 6.45) is 0.140. The molecule has 0 bridgehead atoms. The van der Waals surface area contributed by atoms with Crippen LogP contribution in [-0.4, -0.2) is 33.8 Å². The molecule has 0 radical (unpaired) electrons. The Hall–Kier alpha value is -1.47. The first-order valence-corrected chi connectivity index (χ1v) is 3.67. The molecule has 1 atom stereocenters. The largest absolute Gasteiger partial charge is 0.385 e. The van der Waals surface area contributed by atoms with E-state index in [9.17, 15) is 15.2 Å². The number of nitrogens with zero attached hydrogens (tertiary/aromatic N) is 2. The van der Waals surface area contributed by atoms with Gasteiger partial charge in [0.1, 0.15) is 18.0 Å². The first-order chi connectivity index (χ1) is 6.16. The van der Waals surface area contributed by atoms with Gasteiger partial charge in [-0.3, -0.25) is 15.2 Å². The van der Waals surface area contributed by atoms with Gasteiger partial charge in [0.2, 0.25) is 0 Å². The van der Waals surface area contributed by atoms with E-state index in [1.807, 2.05) is 0 Å². The molecular weight excluding hydrogens is 176 g/mol. The van der Waals surface area contributed by atoms with Crippen molar-refractivity contribution in [1.82, 2.24) is 15.5 Å². The number of hydrogen-bond acceptors (Lipinski definition) is 5. The van der Waals surface area contributed by atoms with Crippen LogP contribution in [0.2, 0.25) is 0 Å². The Labute approximate surface area is 73.9 Å². The molecule has 0 aliphatic carbocycles. The summed E-state index contributed by atoms with van der Waals surface area (Å²) in [6, 6.07) is 0. The lowest BCUT2D eigenvalue weighted by Gasteiger charge is -2.05. The molecule has 1 rings (SSSR count). The van der Waals surface area contributed by atoms with E-state index < -0.39 is 11.0 Å². The van der Waals surface area contributed by atoms with Crippen LogP contribution in [0.15, 0.2) is 6.20 Å². The van der Waals surface area contributed by atoms with Crippen molar-refractivity contribution >= 4 is 5.69 Å². The maximum atomic E-state index is 10.4. The second kappa shape index (κ2) is 3.97. The number of rotatable bonds is 4. The maximum Gasteiger partial charge on any atom is 0.312 e. The highest BCUT2D eigenvalue weighted by atomic mass is 16.6. The minimum absolute atomic E-state index is 0.124. The Morgan fingerprint density at radius 3 is 3.15 bits per heavy atom. The van der Waals surface area contributed by atoms with Crippen molar-refractivity contribution in [2.75, 3.05) is 13.6 Å². The highest BCUT2D eigenvalue weighted by molar-refractivity contribution is 5.33. The summed E-state index contributed by atoms with van der Waals surface area (Å²) in [5.74, 6) is 0. The molecule has 7 nitrogen and oxygen atoms in total. The molecule has 1 heterocycles. The van der Waals surface area contributed by atoms with E-state index in [2.05, 4.69) is 15.5 Å². The molecule has 72 valence electrons. The van der Waals surface area contributed by atoms with Gasteiger partial charge < -0.3 is 10.4 Å². The topological polar surface area (TPSA) is 104 Å². The van der Waals surface area contributed by atoms with E-state index in [1.165, 1.54) is 0 Å². The Morgan fingerprint density at radius 2 is 2.62 bits per heavy atom. The van der Waals surface area contributed by atoms with Gasteiger partial charge in [0.05, 0.1) is 4.92 Å². The minimum Gasteiger partial charge on any atom is -0.385 e. The molecule has 0 spiro atoms. The maximum absolute atomic E-state index is 10.4. The van der Waals surface area contributed by atoms with E-state index in [-0.39, 0.29) is 17.9 Å². The van der Waals surface area contributed by atoms with Crippen molar-refractivity contribution in [2.45, 2.75) is 6.10 Å². The predicted molar refractivity (Wildman–Crippen MR) is 44.1 cm³/mol. The van der Waals surface area contributed by atoms with E-state index in [0.717, 1.165) is 6.20 Å². The molecule has 0 saturated carbocycles. The molecular formula is C6H10N4O3. The SMILES string of the molecule is CNCC(O)c1[nH]ncc1[N+](=O)[O-]. The molecule has 0 aliphatic rings. The summed E-state index contributed by atoms with van der Waals surface area (Å²) in [4.78, 5) is 9.82. The van der Waals surface area contributed by atoms with Gasteiger partial charge in [-0.15, -0.1) is 0 Å². The standard InChI is InChI=1S/C6H10N4O3/c1-7-3-5(11)6-4(10(12)13)2-8-9-6/h2,5,7,11H,3H2,1H3,(H,8,9). The zero-order chi connectivity index (χ0) is 9.84. The molecule has 13 heavy (non-hydrogen) atoms. The third kappa shape index (κ3) is 2.01. The number of nitro groups is 1.